The number of pyridine rings is 1. The van der Waals surface area contributed by atoms with Crippen LogP contribution in [-0.2, 0) is 0 Å². The molecule has 0 amide bonds. The van der Waals surface area contributed by atoms with Crippen molar-refractivity contribution in [3.8, 4) is 0 Å². The largest absolute Gasteiger partial charge is 0.368 e. The summed E-state index contributed by atoms with van der Waals surface area (Å²) in [5, 5.41) is 3.09. The molecular formula is C10H11N5. The number of nitrogens with zero attached hydrogens (tertiary/aromatic N) is 3. The van der Waals surface area contributed by atoms with Gasteiger partial charge in [-0.05, 0) is 19.1 Å². The SMILES string of the molecule is Cc1cc(Nc2cccnc2)nc(N)n1. The molecule has 2 aromatic heterocycles. The molecule has 0 aliphatic carbocycles. The molecule has 5 heteroatoms. The van der Waals surface area contributed by atoms with Crippen molar-refractivity contribution in [2.75, 3.05) is 11.1 Å². The highest BCUT2D eigenvalue weighted by atomic mass is 15.1. The Kier molecular flexibility index (Phi) is 2.45. The van der Waals surface area contributed by atoms with E-state index < -0.39 is 0 Å². The Morgan fingerprint density at radius 3 is 2.87 bits per heavy atom. The van der Waals surface area contributed by atoms with Crippen LogP contribution in [-0.4, -0.2) is 15.0 Å². The summed E-state index contributed by atoms with van der Waals surface area (Å²) >= 11 is 0. The van der Waals surface area contributed by atoms with E-state index in [-0.39, 0.29) is 5.95 Å². The summed E-state index contributed by atoms with van der Waals surface area (Å²) in [5.74, 6) is 0.939. The highest BCUT2D eigenvalue weighted by Gasteiger charge is 1.99. The number of aryl methyl sites for hydroxylation is 1. The van der Waals surface area contributed by atoms with Crippen molar-refractivity contribution in [1.29, 1.82) is 0 Å². The summed E-state index contributed by atoms with van der Waals surface area (Å²) in [5.41, 5.74) is 7.23. The lowest BCUT2D eigenvalue weighted by Crippen LogP contribution is -2.01. The van der Waals surface area contributed by atoms with Gasteiger partial charge in [0.1, 0.15) is 5.82 Å². The topological polar surface area (TPSA) is 76.7 Å². The lowest BCUT2D eigenvalue weighted by atomic mass is 10.4. The van der Waals surface area contributed by atoms with E-state index in [1.807, 2.05) is 25.1 Å². The van der Waals surface area contributed by atoms with E-state index in [0.29, 0.717) is 5.82 Å². The molecule has 15 heavy (non-hydrogen) atoms. The first-order chi connectivity index (χ1) is 7.24. The van der Waals surface area contributed by atoms with Crippen LogP contribution >= 0.6 is 0 Å². The van der Waals surface area contributed by atoms with Crippen molar-refractivity contribution < 1.29 is 0 Å². The van der Waals surface area contributed by atoms with Gasteiger partial charge in [0.25, 0.3) is 0 Å². The number of hydrogen-bond donors (Lipinski definition) is 2. The number of aromatic nitrogens is 3. The van der Waals surface area contributed by atoms with Crippen LogP contribution in [0.4, 0.5) is 17.5 Å². The van der Waals surface area contributed by atoms with E-state index in [1.54, 1.807) is 12.4 Å². The Bertz CT molecular complexity index is 434. The number of nitrogen functional groups attached to an aromatic ring is 1. The molecule has 5 nitrogen and oxygen atoms in total. The Morgan fingerprint density at radius 2 is 2.20 bits per heavy atom. The Hall–Kier alpha value is -2.17. The molecule has 3 N–H and O–H groups in total. The molecule has 2 aromatic rings. The second-order valence-electron chi connectivity index (χ2n) is 3.12. The van der Waals surface area contributed by atoms with E-state index in [4.69, 9.17) is 5.73 Å². The van der Waals surface area contributed by atoms with E-state index in [0.717, 1.165) is 11.4 Å². The van der Waals surface area contributed by atoms with Crippen LogP contribution in [0.3, 0.4) is 0 Å². The van der Waals surface area contributed by atoms with Gasteiger partial charge < -0.3 is 11.1 Å². The molecule has 0 fully saturated rings. The zero-order valence-electron chi connectivity index (χ0n) is 8.31. The molecule has 0 unspecified atom stereocenters. The highest BCUT2D eigenvalue weighted by molar-refractivity contribution is 5.55. The van der Waals surface area contributed by atoms with E-state index in [2.05, 4.69) is 20.3 Å². The van der Waals surface area contributed by atoms with Gasteiger partial charge in [-0.3, -0.25) is 4.98 Å². The van der Waals surface area contributed by atoms with Crippen LogP contribution in [0, 0.1) is 6.92 Å². The van der Waals surface area contributed by atoms with E-state index in [9.17, 15) is 0 Å². The average molecular weight is 201 g/mol. The summed E-state index contributed by atoms with van der Waals surface area (Å²) < 4.78 is 0. The molecule has 0 aliphatic rings. The summed E-state index contributed by atoms with van der Waals surface area (Å²) in [4.78, 5) is 12.0. The quantitative estimate of drug-likeness (QED) is 0.770. The lowest BCUT2D eigenvalue weighted by Gasteiger charge is -2.05. The van der Waals surface area contributed by atoms with Crippen LogP contribution in [0.15, 0.2) is 30.6 Å². The van der Waals surface area contributed by atoms with Crippen molar-refractivity contribution in [3.05, 3.63) is 36.3 Å². The minimum Gasteiger partial charge on any atom is -0.368 e. The van der Waals surface area contributed by atoms with E-state index in [1.165, 1.54) is 0 Å². The van der Waals surface area contributed by atoms with Crippen LogP contribution < -0.4 is 11.1 Å². The number of rotatable bonds is 2. The molecule has 2 heterocycles. The first-order valence-electron chi connectivity index (χ1n) is 4.52. The zero-order valence-corrected chi connectivity index (χ0v) is 8.31. The summed E-state index contributed by atoms with van der Waals surface area (Å²) in [7, 11) is 0. The predicted octanol–water partition coefficient (Wildman–Crippen LogP) is 1.51. The van der Waals surface area contributed by atoms with Crippen molar-refractivity contribution in [1.82, 2.24) is 15.0 Å². The minimum absolute atomic E-state index is 0.265. The van der Waals surface area contributed by atoms with E-state index >= 15 is 0 Å². The third-order valence-corrected chi connectivity index (χ3v) is 1.81. The molecule has 0 aromatic carbocycles. The number of nitrogens with one attached hydrogen (secondary N) is 1. The molecule has 0 saturated carbocycles. The average Bonchev–Trinajstić information content (AvgIpc) is 2.17. The normalized spacial score (nSPS) is 9.93. The molecule has 0 bridgehead atoms. The predicted molar refractivity (Wildman–Crippen MR) is 58.7 cm³/mol. The van der Waals surface area contributed by atoms with Gasteiger partial charge in [0.15, 0.2) is 0 Å². The maximum absolute atomic E-state index is 5.54. The fraction of sp³-hybridized carbons (Fsp3) is 0.100. The van der Waals surface area contributed by atoms with Crippen molar-refractivity contribution in [2.45, 2.75) is 6.92 Å². The first kappa shape index (κ1) is 9.39. The smallest absolute Gasteiger partial charge is 0.222 e. The Labute approximate surface area is 87.4 Å². The fourth-order valence-corrected chi connectivity index (χ4v) is 1.24. The molecular weight excluding hydrogens is 190 g/mol. The third-order valence-electron chi connectivity index (χ3n) is 1.81. The Balaban J connectivity index is 2.25. The van der Waals surface area contributed by atoms with Gasteiger partial charge >= 0.3 is 0 Å². The minimum atomic E-state index is 0.265. The maximum atomic E-state index is 5.54. The lowest BCUT2D eigenvalue weighted by molar-refractivity contribution is 1.12. The molecule has 0 aliphatic heterocycles. The molecule has 0 spiro atoms. The fourth-order valence-electron chi connectivity index (χ4n) is 1.24. The highest BCUT2D eigenvalue weighted by Crippen LogP contribution is 2.13. The van der Waals surface area contributed by atoms with Crippen molar-refractivity contribution in [2.24, 2.45) is 0 Å². The van der Waals surface area contributed by atoms with Gasteiger partial charge in [-0.1, -0.05) is 0 Å². The van der Waals surface area contributed by atoms with Gasteiger partial charge in [0, 0.05) is 18.0 Å². The first-order valence-corrected chi connectivity index (χ1v) is 4.52. The number of hydrogen-bond acceptors (Lipinski definition) is 5. The van der Waals surface area contributed by atoms with Gasteiger partial charge in [0.2, 0.25) is 5.95 Å². The van der Waals surface area contributed by atoms with Crippen LogP contribution in [0.5, 0.6) is 0 Å². The second kappa shape index (κ2) is 3.91. The van der Waals surface area contributed by atoms with Crippen LogP contribution in [0.1, 0.15) is 5.69 Å². The van der Waals surface area contributed by atoms with Gasteiger partial charge in [-0.2, -0.15) is 4.98 Å². The summed E-state index contributed by atoms with van der Waals surface area (Å²) in [6.45, 7) is 1.87. The monoisotopic (exact) mass is 201 g/mol. The molecule has 0 saturated heterocycles. The third kappa shape index (κ3) is 2.40. The van der Waals surface area contributed by atoms with Gasteiger partial charge in [-0.25, -0.2) is 4.98 Å². The number of anilines is 3. The Morgan fingerprint density at radius 1 is 1.33 bits per heavy atom. The van der Waals surface area contributed by atoms with Crippen molar-refractivity contribution in [3.63, 3.8) is 0 Å². The molecule has 2 rings (SSSR count). The van der Waals surface area contributed by atoms with Crippen LogP contribution in [0.25, 0.3) is 0 Å². The standard InChI is InChI=1S/C10H11N5/c1-7-5-9(15-10(11)13-7)14-8-3-2-4-12-6-8/h2-6H,1H3,(H3,11,13,14,15). The molecule has 76 valence electrons. The number of nitrogens with two attached hydrogens (primary N) is 1. The maximum Gasteiger partial charge on any atom is 0.222 e. The van der Waals surface area contributed by atoms with Crippen molar-refractivity contribution >= 4 is 17.5 Å². The molecule has 0 radical (unpaired) electrons. The second-order valence-corrected chi connectivity index (χ2v) is 3.12. The molecule has 0 atom stereocenters. The summed E-state index contributed by atoms with van der Waals surface area (Å²) in [6, 6.07) is 5.57. The van der Waals surface area contributed by atoms with Crippen LogP contribution in [0.2, 0.25) is 0 Å². The zero-order chi connectivity index (χ0) is 10.7. The van der Waals surface area contributed by atoms with Gasteiger partial charge in [-0.15, -0.1) is 0 Å². The van der Waals surface area contributed by atoms with Gasteiger partial charge in [0.05, 0.1) is 11.9 Å². The summed E-state index contributed by atoms with van der Waals surface area (Å²) in [6.07, 6.45) is 3.43.